The molecule has 1 amide bonds. The lowest BCUT2D eigenvalue weighted by molar-refractivity contribution is -0.118. The Bertz CT molecular complexity index is 1010. The maximum atomic E-state index is 13.4. The number of hydrogen-bond acceptors (Lipinski definition) is 4. The molecule has 1 aromatic heterocycles. The lowest BCUT2D eigenvalue weighted by Gasteiger charge is -2.25. The highest BCUT2D eigenvalue weighted by molar-refractivity contribution is 7.22. The fraction of sp³-hybridized carbons (Fsp3) is 0.440. The van der Waals surface area contributed by atoms with Crippen molar-refractivity contribution in [3.8, 4) is 0 Å². The van der Waals surface area contributed by atoms with E-state index in [1.807, 2.05) is 4.90 Å². The molecule has 31 heavy (non-hydrogen) atoms. The summed E-state index contributed by atoms with van der Waals surface area (Å²) in [6, 6.07) is 12.6. The minimum atomic E-state index is 0. The molecule has 0 radical (unpaired) electrons. The van der Waals surface area contributed by atoms with Crippen LogP contribution in [0.1, 0.15) is 43.0 Å². The number of likely N-dealkylation sites (N-methyl/N-ethyl adjacent to an activating group) is 1. The fourth-order valence-electron chi connectivity index (χ4n) is 3.69. The van der Waals surface area contributed by atoms with Crippen LogP contribution >= 0.6 is 23.7 Å². The summed E-state index contributed by atoms with van der Waals surface area (Å²) in [6.45, 7) is 14.1. The number of nitrogens with zero attached hydrogens (tertiary/aromatic N) is 3. The lowest BCUT2D eigenvalue weighted by atomic mass is 10.0. The topological polar surface area (TPSA) is 36.4 Å². The van der Waals surface area contributed by atoms with Crippen molar-refractivity contribution in [2.24, 2.45) is 0 Å². The van der Waals surface area contributed by atoms with Gasteiger partial charge in [-0.15, -0.1) is 12.4 Å². The van der Waals surface area contributed by atoms with Gasteiger partial charge in [-0.05, 0) is 61.7 Å². The maximum Gasteiger partial charge on any atom is 0.233 e. The van der Waals surface area contributed by atoms with E-state index in [2.05, 4.69) is 75.9 Å². The van der Waals surface area contributed by atoms with E-state index in [4.69, 9.17) is 4.98 Å². The van der Waals surface area contributed by atoms with E-state index in [0.717, 1.165) is 47.0 Å². The summed E-state index contributed by atoms with van der Waals surface area (Å²) in [5.74, 6) is 0.113. The molecule has 0 atom stereocenters. The molecular weight excluding hydrogens is 426 g/mol. The highest BCUT2D eigenvalue weighted by Crippen LogP contribution is 2.31. The molecule has 0 saturated heterocycles. The molecule has 0 saturated carbocycles. The molecule has 0 aliphatic heterocycles. The number of thiazole rings is 1. The summed E-state index contributed by atoms with van der Waals surface area (Å²) in [5, 5.41) is 0.812. The Hall–Kier alpha value is -1.95. The lowest BCUT2D eigenvalue weighted by Crippen LogP contribution is -2.39. The number of para-hydroxylation sites is 1. The van der Waals surface area contributed by atoms with Gasteiger partial charge in [-0.3, -0.25) is 9.69 Å². The Morgan fingerprint density at radius 1 is 1.00 bits per heavy atom. The predicted octanol–water partition coefficient (Wildman–Crippen LogP) is 5.81. The molecule has 6 heteroatoms. The zero-order valence-corrected chi connectivity index (χ0v) is 20.9. The van der Waals surface area contributed by atoms with Crippen molar-refractivity contribution in [2.75, 3.05) is 31.1 Å². The number of aromatic nitrogens is 1. The van der Waals surface area contributed by atoms with Gasteiger partial charge < -0.3 is 4.90 Å². The van der Waals surface area contributed by atoms with Gasteiger partial charge in [-0.2, -0.15) is 0 Å². The van der Waals surface area contributed by atoms with E-state index < -0.39 is 0 Å². The molecule has 0 aliphatic carbocycles. The van der Waals surface area contributed by atoms with Crippen molar-refractivity contribution in [3.63, 3.8) is 0 Å². The van der Waals surface area contributed by atoms with Gasteiger partial charge in [0, 0.05) is 13.1 Å². The van der Waals surface area contributed by atoms with Gasteiger partial charge in [0.15, 0.2) is 5.13 Å². The monoisotopic (exact) mass is 459 g/mol. The summed E-state index contributed by atoms with van der Waals surface area (Å²) in [4.78, 5) is 22.6. The summed E-state index contributed by atoms with van der Waals surface area (Å²) in [7, 11) is 0. The Balaban J connectivity index is 0.00000341. The first-order valence-corrected chi connectivity index (χ1v) is 11.8. The van der Waals surface area contributed by atoms with Crippen LogP contribution in [0.5, 0.6) is 0 Å². The standard InChI is InChI=1S/C25H33N3OS.ClH/c1-6-21-10-9-11-22-24(21)26-25(30-22)28(15-14-27(7-2)8-3)23(29)17-20-13-12-18(4)19(5)16-20;/h9-13,16H,6-8,14-15,17H2,1-5H3;1H. The van der Waals surface area contributed by atoms with Gasteiger partial charge in [0.1, 0.15) is 0 Å². The maximum absolute atomic E-state index is 13.4. The number of rotatable bonds is 9. The third-order valence-electron chi connectivity index (χ3n) is 5.87. The number of fused-ring (bicyclic) bond motifs is 1. The number of carbonyl (C=O) groups excluding carboxylic acids is 1. The Labute approximate surface area is 196 Å². The second-order valence-electron chi connectivity index (χ2n) is 7.78. The van der Waals surface area contributed by atoms with E-state index in [-0.39, 0.29) is 18.3 Å². The number of carbonyl (C=O) groups is 1. The predicted molar refractivity (Wildman–Crippen MR) is 136 cm³/mol. The molecule has 0 N–H and O–H groups in total. The van der Waals surface area contributed by atoms with Crippen LogP contribution in [0.25, 0.3) is 10.2 Å². The first-order valence-electron chi connectivity index (χ1n) is 10.9. The van der Waals surface area contributed by atoms with Crippen LogP contribution in [0.4, 0.5) is 5.13 Å². The number of benzene rings is 2. The summed E-state index contributed by atoms with van der Waals surface area (Å²) >= 11 is 1.62. The average Bonchev–Trinajstić information content (AvgIpc) is 3.17. The van der Waals surface area contributed by atoms with Crippen LogP contribution in [0, 0.1) is 13.8 Å². The van der Waals surface area contributed by atoms with Crippen molar-refractivity contribution in [1.29, 1.82) is 0 Å². The van der Waals surface area contributed by atoms with Gasteiger partial charge in [0.05, 0.1) is 16.6 Å². The number of halogens is 1. The molecule has 2 aromatic carbocycles. The van der Waals surface area contributed by atoms with Gasteiger partial charge in [0.2, 0.25) is 5.91 Å². The first kappa shape index (κ1) is 25.3. The second-order valence-corrected chi connectivity index (χ2v) is 8.79. The number of hydrogen-bond donors (Lipinski definition) is 0. The molecule has 0 unspecified atom stereocenters. The molecule has 4 nitrogen and oxygen atoms in total. The van der Waals surface area contributed by atoms with Crippen LogP contribution in [0.15, 0.2) is 36.4 Å². The quantitative estimate of drug-likeness (QED) is 0.404. The highest BCUT2D eigenvalue weighted by atomic mass is 35.5. The molecule has 0 fully saturated rings. The van der Waals surface area contributed by atoms with Gasteiger partial charge in [-0.25, -0.2) is 4.98 Å². The molecule has 3 aromatic rings. The van der Waals surface area contributed by atoms with Crippen molar-refractivity contribution < 1.29 is 4.79 Å². The third kappa shape index (κ3) is 6.06. The van der Waals surface area contributed by atoms with E-state index in [1.165, 1.54) is 16.7 Å². The normalized spacial score (nSPS) is 11.0. The van der Waals surface area contributed by atoms with Gasteiger partial charge >= 0.3 is 0 Å². The van der Waals surface area contributed by atoms with Crippen LogP contribution in [-0.4, -0.2) is 42.0 Å². The van der Waals surface area contributed by atoms with Gasteiger partial charge in [0.25, 0.3) is 0 Å². The first-order chi connectivity index (χ1) is 14.5. The summed E-state index contributed by atoms with van der Waals surface area (Å²) in [6.07, 6.45) is 1.34. The van der Waals surface area contributed by atoms with Crippen molar-refractivity contribution in [1.82, 2.24) is 9.88 Å². The summed E-state index contributed by atoms with van der Waals surface area (Å²) < 4.78 is 1.15. The highest BCUT2D eigenvalue weighted by Gasteiger charge is 2.21. The van der Waals surface area contributed by atoms with Crippen LogP contribution in [-0.2, 0) is 17.6 Å². The third-order valence-corrected chi connectivity index (χ3v) is 6.91. The average molecular weight is 460 g/mol. The molecule has 1 heterocycles. The van der Waals surface area contributed by atoms with E-state index in [0.29, 0.717) is 13.0 Å². The Kier molecular flexibility index (Phi) is 9.48. The minimum absolute atomic E-state index is 0. The smallest absolute Gasteiger partial charge is 0.233 e. The van der Waals surface area contributed by atoms with E-state index in [1.54, 1.807) is 11.3 Å². The minimum Gasteiger partial charge on any atom is -0.302 e. The SMILES string of the molecule is CCc1cccc2sc(N(CCN(CC)CC)C(=O)Cc3ccc(C)c(C)c3)nc12.Cl. The Morgan fingerprint density at radius 2 is 1.74 bits per heavy atom. The number of aryl methyl sites for hydroxylation is 3. The zero-order valence-electron chi connectivity index (χ0n) is 19.3. The van der Waals surface area contributed by atoms with Crippen molar-refractivity contribution >= 4 is 45.0 Å². The zero-order chi connectivity index (χ0) is 21.7. The largest absolute Gasteiger partial charge is 0.302 e. The number of anilines is 1. The van der Waals surface area contributed by atoms with Gasteiger partial charge in [-0.1, -0.05) is 62.4 Å². The van der Waals surface area contributed by atoms with Crippen LogP contribution in [0.3, 0.4) is 0 Å². The molecular formula is C25H34ClN3OS. The van der Waals surface area contributed by atoms with E-state index >= 15 is 0 Å². The van der Waals surface area contributed by atoms with E-state index in [9.17, 15) is 4.79 Å². The Morgan fingerprint density at radius 3 is 2.39 bits per heavy atom. The fourth-order valence-corrected chi connectivity index (χ4v) is 4.74. The van der Waals surface area contributed by atoms with Crippen molar-refractivity contribution in [3.05, 3.63) is 58.7 Å². The molecule has 0 spiro atoms. The summed E-state index contributed by atoms with van der Waals surface area (Å²) in [5.41, 5.74) is 5.81. The number of amides is 1. The second kappa shape index (κ2) is 11.6. The van der Waals surface area contributed by atoms with Crippen LogP contribution in [0.2, 0.25) is 0 Å². The molecule has 168 valence electrons. The molecule has 3 rings (SSSR count). The van der Waals surface area contributed by atoms with Crippen molar-refractivity contribution in [2.45, 2.75) is 47.5 Å². The van der Waals surface area contributed by atoms with Crippen LogP contribution < -0.4 is 4.90 Å². The molecule has 0 aliphatic rings. The molecule has 0 bridgehead atoms.